The van der Waals surface area contributed by atoms with Gasteiger partial charge in [0.05, 0.1) is 31.0 Å². The molecule has 1 amide bonds. The van der Waals surface area contributed by atoms with Crippen molar-refractivity contribution in [3.05, 3.63) is 90.0 Å². The van der Waals surface area contributed by atoms with Crippen molar-refractivity contribution in [1.29, 1.82) is 0 Å². The molecule has 0 spiro atoms. The lowest BCUT2D eigenvalue weighted by molar-refractivity contribution is -0.135. The second-order valence-electron chi connectivity index (χ2n) is 9.73. The second-order valence-corrected chi connectivity index (χ2v) is 9.73. The summed E-state index contributed by atoms with van der Waals surface area (Å²) in [5.41, 5.74) is 3.70. The van der Waals surface area contributed by atoms with Gasteiger partial charge in [0.15, 0.2) is 18.1 Å². The van der Waals surface area contributed by atoms with Crippen molar-refractivity contribution >= 4 is 22.8 Å². The van der Waals surface area contributed by atoms with Crippen molar-refractivity contribution in [1.82, 2.24) is 9.88 Å². The number of hydrogen-bond donors (Lipinski definition) is 0. The maximum absolute atomic E-state index is 13.2. The van der Waals surface area contributed by atoms with E-state index in [-0.39, 0.29) is 12.5 Å². The number of piperidine rings is 1. The molecule has 1 aromatic heterocycles. The fourth-order valence-corrected chi connectivity index (χ4v) is 5.12. The molecule has 39 heavy (non-hydrogen) atoms. The quantitative estimate of drug-likeness (QED) is 0.281. The van der Waals surface area contributed by atoms with Gasteiger partial charge in [0.2, 0.25) is 0 Å². The summed E-state index contributed by atoms with van der Waals surface area (Å²) >= 11 is 0. The first kappa shape index (κ1) is 26.2. The fraction of sp³-hybridized carbons (Fsp3) is 0.281. The number of aromatic nitrogens is 1. The SMILES string of the molecule is COc1ccc(-c2cc(C(=O)OCC(=O)N3CCC(Cc4ccccc4)CC3)c3ccccc3n2)cc1OC. The highest BCUT2D eigenvalue weighted by Crippen LogP contribution is 2.33. The van der Waals surface area contributed by atoms with Gasteiger partial charge in [0.25, 0.3) is 5.91 Å². The average Bonchev–Trinajstić information content (AvgIpc) is 2.99. The molecule has 0 aliphatic carbocycles. The van der Waals surface area contributed by atoms with Crippen molar-refractivity contribution in [3.8, 4) is 22.8 Å². The molecule has 1 aliphatic heterocycles. The van der Waals surface area contributed by atoms with Crippen LogP contribution in [-0.2, 0) is 16.0 Å². The number of ether oxygens (including phenoxy) is 3. The molecule has 0 bridgehead atoms. The monoisotopic (exact) mass is 524 g/mol. The number of likely N-dealkylation sites (tertiary alicyclic amines) is 1. The van der Waals surface area contributed by atoms with Gasteiger partial charge in [-0.15, -0.1) is 0 Å². The van der Waals surface area contributed by atoms with Crippen molar-refractivity contribution in [2.24, 2.45) is 5.92 Å². The van der Waals surface area contributed by atoms with E-state index in [2.05, 4.69) is 24.3 Å². The summed E-state index contributed by atoms with van der Waals surface area (Å²) in [5.74, 6) is 0.997. The summed E-state index contributed by atoms with van der Waals surface area (Å²) in [7, 11) is 3.15. The molecule has 7 nitrogen and oxygen atoms in total. The number of amides is 1. The minimum atomic E-state index is -0.553. The Kier molecular flexibility index (Phi) is 8.06. The Morgan fingerprint density at radius 2 is 1.59 bits per heavy atom. The number of para-hydroxylation sites is 1. The Balaban J connectivity index is 1.27. The van der Waals surface area contributed by atoms with Gasteiger partial charge in [-0.1, -0.05) is 48.5 Å². The zero-order chi connectivity index (χ0) is 27.2. The largest absolute Gasteiger partial charge is 0.493 e. The molecule has 0 radical (unpaired) electrons. The normalized spacial score (nSPS) is 13.7. The van der Waals surface area contributed by atoms with Crippen LogP contribution >= 0.6 is 0 Å². The van der Waals surface area contributed by atoms with E-state index < -0.39 is 5.97 Å². The zero-order valence-electron chi connectivity index (χ0n) is 22.3. The van der Waals surface area contributed by atoms with Crippen LogP contribution in [0.3, 0.4) is 0 Å². The fourth-order valence-electron chi connectivity index (χ4n) is 5.12. The Hall–Kier alpha value is -4.39. The molecule has 3 aromatic carbocycles. The first-order valence-electron chi connectivity index (χ1n) is 13.2. The average molecular weight is 525 g/mol. The van der Waals surface area contributed by atoms with E-state index in [1.54, 1.807) is 31.3 Å². The Bertz CT molecular complexity index is 1460. The zero-order valence-corrected chi connectivity index (χ0v) is 22.3. The van der Waals surface area contributed by atoms with Crippen molar-refractivity contribution in [2.45, 2.75) is 19.3 Å². The summed E-state index contributed by atoms with van der Waals surface area (Å²) < 4.78 is 16.3. The van der Waals surface area contributed by atoms with Gasteiger partial charge in [-0.2, -0.15) is 0 Å². The lowest BCUT2D eigenvalue weighted by Crippen LogP contribution is -2.41. The van der Waals surface area contributed by atoms with Crippen molar-refractivity contribution < 1.29 is 23.8 Å². The molecular weight excluding hydrogens is 492 g/mol. The van der Waals surface area contributed by atoms with Crippen LogP contribution in [0.5, 0.6) is 11.5 Å². The Labute approximate surface area is 228 Å². The van der Waals surface area contributed by atoms with E-state index in [1.807, 2.05) is 42.5 Å². The molecule has 200 valence electrons. The second kappa shape index (κ2) is 12.0. The third-order valence-electron chi connectivity index (χ3n) is 7.28. The van der Waals surface area contributed by atoms with E-state index in [0.717, 1.165) is 24.8 Å². The van der Waals surface area contributed by atoms with Gasteiger partial charge in [0.1, 0.15) is 0 Å². The Morgan fingerprint density at radius 1 is 0.872 bits per heavy atom. The number of hydrogen-bond acceptors (Lipinski definition) is 6. The predicted octanol–water partition coefficient (Wildman–Crippen LogP) is 5.56. The van der Waals surface area contributed by atoms with Crippen LogP contribution in [-0.4, -0.2) is 55.7 Å². The molecule has 0 atom stereocenters. The Morgan fingerprint density at radius 3 is 2.33 bits per heavy atom. The summed E-state index contributed by atoms with van der Waals surface area (Å²) in [6.45, 7) is 1.07. The molecule has 1 aliphatic rings. The lowest BCUT2D eigenvalue weighted by atomic mass is 9.90. The third kappa shape index (κ3) is 6.03. The number of carbonyl (C=O) groups is 2. The summed E-state index contributed by atoms with van der Waals surface area (Å²) in [5, 5.41) is 0.668. The van der Waals surface area contributed by atoms with Gasteiger partial charge in [0, 0.05) is 24.0 Å². The van der Waals surface area contributed by atoms with Crippen LogP contribution in [0, 0.1) is 5.92 Å². The molecule has 5 rings (SSSR count). The standard InChI is InChI=1S/C32H32N2O5/c1-37-29-13-12-24(19-30(29)38-2)28-20-26(25-10-6-7-11-27(25)33-28)32(36)39-21-31(35)34-16-14-23(15-17-34)18-22-8-4-3-5-9-22/h3-13,19-20,23H,14-18,21H2,1-2H3. The van der Waals surface area contributed by atoms with Crippen molar-refractivity contribution in [2.75, 3.05) is 33.9 Å². The van der Waals surface area contributed by atoms with Crippen LogP contribution in [0.2, 0.25) is 0 Å². The molecule has 0 unspecified atom stereocenters. The van der Waals surface area contributed by atoms with Gasteiger partial charge in [-0.05, 0) is 61.1 Å². The minimum absolute atomic E-state index is 0.167. The number of nitrogens with zero attached hydrogens (tertiary/aromatic N) is 2. The molecule has 0 N–H and O–H groups in total. The predicted molar refractivity (Wildman–Crippen MR) is 150 cm³/mol. The summed E-state index contributed by atoms with van der Waals surface area (Å²) in [6.07, 6.45) is 2.91. The van der Waals surface area contributed by atoms with Crippen LogP contribution in [0.25, 0.3) is 22.2 Å². The lowest BCUT2D eigenvalue weighted by Gasteiger charge is -2.32. The molecule has 1 fully saturated rings. The van der Waals surface area contributed by atoms with Crippen molar-refractivity contribution in [3.63, 3.8) is 0 Å². The molecule has 7 heteroatoms. The number of fused-ring (bicyclic) bond motifs is 1. The molecular formula is C32H32N2O5. The highest BCUT2D eigenvalue weighted by atomic mass is 16.5. The van der Waals surface area contributed by atoms with E-state index in [1.165, 1.54) is 5.56 Å². The first-order valence-corrected chi connectivity index (χ1v) is 13.2. The number of esters is 1. The minimum Gasteiger partial charge on any atom is -0.493 e. The highest BCUT2D eigenvalue weighted by Gasteiger charge is 2.24. The molecule has 1 saturated heterocycles. The van der Waals surface area contributed by atoms with Gasteiger partial charge in [-0.25, -0.2) is 9.78 Å². The number of pyridine rings is 1. The number of rotatable bonds is 8. The first-order chi connectivity index (χ1) is 19.1. The maximum atomic E-state index is 13.2. The summed E-state index contributed by atoms with van der Waals surface area (Å²) in [4.78, 5) is 32.7. The highest BCUT2D eigenvalue weighted by molar-refractivity contribution is 6.05. The van der Waals surface area contributed by atoms with Gasteiger partial charge < -0.3 is 19.1 Å². The summed E-state index contributed by atoms with van der Waals surface area (Å²) in [6, 6.07) is 25.0. The van der Waals surface area contributed by atoms with E-state index in [9.17, 15) is 9.59 Å². The third-order valence-corrected chi connectivity index (χ3v) is 7.28. The number of benzene rings is 3. The van der Waals surface area contributed by atoms with Crippen LogP contribution in [0.4, 0.5) is 0 Å². The van der Waals surface area contributed by atoms with Crippen LogP contribution in [0.1, 0.15) is 28.8 Å². The maximum Gasteiger partial charge on any atom is 0.339 e. The van der Waals surface area contributed by atoms with Gasteiger partial charge >= 0.3 is 5.97 Å². The molecule has 4 aromatic rings. The number of carbonyl (C=O) groups excluding carboxylic acids is 2. The molecule has 2 heterocycles. The molecule has 0 saturated carbocycles. The van der Waals surface area contributed by atoms with E-state index in [0.29, 0.717) is 52.7 Å². The topological polar surface area (TPSA) is 78.0 Å². The van der Waals surface area contributed by atoms with E-state index >= 15 is 0 Å². The number of methoxy groups -OCH3 is 2. The van der Waals surface area contributed by atoms with Gasteiger partial charge in [-0.3, -0.25) is 4.79 Å². The van der Waals surface area contributed by atoms with Crippen LogP contribution in [0.15, 0.2) is 78.9 Å². The van der Waals surface area contributed by atoms with E-state index in [4.69, 9.17) is 19.2 Å². The smallest absolute Gasteiger partial charge is 0.339 e. The van der Waals surface area contributed by atoms with Crippen LogP contribution < -0.4 is 9.47 Å².